The zero-order valence-corrected chi connectivity index (χ0v) is 13.5. The number of azide groups is 1. The summed E-state index contributed by atoms with van der Waals surface area (Å²) in [5.41, 5.74) is 8.57. The molecule has 0 aliphatic carbocycles. The van der Waals surface area contributed by atoms with Crippen LogP contribution in [0.1, 0.15) is 24.4 Å². The number of hydrogen-bond donors (Lipinski definition) is 0. The summed E-state index contributed by atoms with van der Waals surface area (Å²) in [6.07, 6.45) is 0. The van der Waals surface area contributed by atoms with Gasteiger partial charge in [-0.2, -0.15) is 0 Å². The molecule has 2 aromatic heterocycles. The lowest BCUT2D eigenvalue weighted by Gasteiger charge is -2.13. The quantitative estimate of drug-likeness (QED) is 0.400. The van der Waals surface area contributed by atoms with Crippen molar-refractivity contribution in [2.75, 3.05) is 0 Å². The van der Waals surface area contributed by atoms with E-state index in [2.05, 4.69) is 15.0 Å². The lowest BCUT2D eigenvalue weighted by Crippen LogP contribution is -2.21. The molecule has 0 aliphatic heterocycles. The van der Waals surface area contributed by atoms with Crippen LogP contribution in [0.4, 0.5) is 8.78 Å². The maximum absolute atomic E-state index is 14.2. The molecule has 0 saturated heterocycles. The number of halogens is 2. The molecule has 0 aliphatic rings. The van der Waals surface area contributed by atoms with Gasteiger partial charge in [0.2, 0.25) is 0 Å². The molecule has 0 bridgehead atoms. The summed E-state index contributed by atoms with van der Waals surface area (Å²) in [6.45, 7) is 3.26. The van der Waals surface area contributed by atoms with E-state index in [-0.39, 0.29) is 16.8 Å². The lowest BCUT2D eigenvalue weighted by atomic mass is 10.0. The zero-order chi connectivity index (χ0) is 17.4. The average molecular weight is 347 g/mol. The summed E-state index contributed by atoms with van der Waals surface area (Å²) in [5.74, 6) is -1.43. The van der Waals surface area contributed by atoms with Crippen LogP contribution in [-0.4, -0.2) is 9.38 Å². The molecule has 0 amide bonds. The van der Waals surface area contributed by atoms with Crippen LogP contribution in [0, 0.1) is 18.6 Å². The van der Waals surface area contributed by atoms with Crippen molar-refractivity contribution in [1.82, 2.24) is 9.38 Å². The first kappa shape index (κ1) is 16.1. The summed E-state index contributed by atoms with van der Waals surface area (Å²) < 4.78 is 29.2. The summed E-state index contributed by atoms with van der Waals surface area (Å²) in [5, 5.41) is 5.28. The summed E-state index contributed by atoms with van der Waals surface area (Å²) >= 11 is 1.24. The third-order valence-electron chi connectivity index (χ3n) is 3.59. The molecule has 6 nitrogen and oxygen atoms in total. The Morgan fingerprint density at radius 2 is 2.17 bits per heavy atom. The SMILES string of the molecule is Cc1csc2nc(C(C)N=[N+]=[N-])c(-c3cc(F)ccc3F)c(=O)n12. The minimum atomic E-state index is -0.812. The standard InChI is InChI=1S/C15H11F2N5OS/c1-7-6-24-15-19-13(8(2)20-21-18)12(14(23)22(7)15)10-5-9(16)3-4-11(10)17/h3-6,8H,1-2H3. The molecule has 122 valence electrons. The van der Waals surface area contributed by atoms with Gasteiger partial charge in [-0.25, -0.2) is 13.8 Å². The number of benzene rings is 1. The Bertz CT molecular complexity index is 1050. The predicted molar refractivity (Wildman–Crippen MR) is 87.0 cm³/mol. The van der Waals surface area contributed by atoms with Crippen LogP contribution in [0.2, 0.25) is 0 Å². The molecule has 2 heterocycles. The molecule has 24 heavy (non-hydrogen) atoms. The van der Waals surface area contributed by atoms with Crippen molar-refractivity contribution in [3.63, 3.8) is 0 Å². The number of rotatable bonds is 3. The van der Waals surface area contributed by atoms with E-state index in [0.717, 1.165) is 18.2 Å². The predicted octanol–water partition coefficient (Wildman–Crippen LogP) is 4.38. The normalized spacial score (nSPS) is 12.2. The van der Waals surface area contributed by atoms with E-state index in [9.17, 15) is 13.6 Å². The van der Waals surface area contributed by atoms with Gasteiger partial charge in [0.05, 0.1) is 17.3 Å². The van der Waals surface area contributed by atoms with Gasteiger partial charge in [0.25, 0.3) is 5.56 Å². The highest BCUT2D eigenvalue weighted by atomic mass is 32.1. The van der Waals surface area contributed by atoms with Crippen LogP contribution in [0.5, 0.6) is 0 Å². The van der Waals surface area contributed by atoms with Crippen molar-refractivity contribution in [2.24, 2.45) is 5.11 Å². The van der Waals surface area contributed by atoms with Crippen LogP contribution in [0.25, 0.3) is 26.5 Å². The fourth-order valence-electron chi connectivity index (χ4n) is 2.47. The highest BCUT2D eigenvalue weighted by Crippen LogP contribution is 2.30. The van der Waals surface area contributed by atoms with Gasteiger partial charge in [0.1, 0.15) is 11.6 Å². The Kier molecular flexibility index (Phi) is 4.04. The molecule has 0 N–H and O–H groups in total. The largest absolute Gasteiger partial charge is 0.268 e. The van der Waals surface area contributed by atoms with Gasteiger partial charge in [-0.15, -0.1) is 11.3 Å². The first-order chi connectivity index (χ1) is 11.4. The van der Waals surface area contributed by atoms with E-state index in [1.807, 2.05) is 0 Å². The lowest BCUT2D eigenvalue weighted by molar-refractivity contribution is 0.602. The van der Waals surface area contributed by atoms with Gasteiger partial charge in [-0.3, -0.25) is 9.20 Å². The van der Waals surface area contributed by atoms with E-state index in [1.54, 1.807) is 19.2 Å². The maximum atomic E-state index is 14.2. The second kappa shape index (κ2) is 6.03. The Labute approximate surface area is 138 Å². The molecule has 3 rings (SSSR count). The van der Waals surface area contributed by atoms with Crippen molar-refractivity contribution in [3.8, 4) is 11.1 Å². The summed E-state index contributed by atoms with van der Waals surface area (Å²) in [6, 6.07) is 2.04. The van der Waals surface area contributed by atoms with Crippen LogP contribution in [0.3, 0.4) is 0 Å². The van der Waals surface area contributed by atoms with Crippen molar-refractivity contribution >= 4 is 16.3 Å². The number of fused-ring (bicyclic) bond motifs is 1. The fourth-order valence-corrected chi connectivity index (χ4v) is 3.34. The zero-order valence-electron chi connectivity index (χ0n) is 12.7. The minimum absolute atomic E-state index is 0.106. The Morgan fingerprint density at radius 3 is 2.88 bits per heavy atom. The number of aryl methyl sites for hydroxylation is 1. The molecule has 1 atom stereocenters. The first-order valence-corrected chi connectivity index (χ1v) is 7.82. The highest BCUT2D eigenvalue weighted by molar-refractivity contribution is 7.15. The fraction of sp³-hybridized carbons (Fsp3) is 0.200. The second-order valence-corrected chi connectivity index (χ2v) is 6.01. The van der Waals surface area contributed by atoms with E-state index in [0.29, 0.717) is 10.7 Å². The van der Waals surface area contributed by atoms with Crippen LogP contribution in [-0.2, 0) is 0 Å². The summed E-state index contributed by atoms with van der Waals surface area (Å²) in [4.78, 5) is 20.4. The smallest absolute Gasteiger partial charge is 0.266 e. The monoisotopic (exact) mass is 347 g/mol. The van der Waals surface area contributed by atoms with E-state index in [1.165, 1.54) is 15.7 Å². The number of thiazole rings is 1. The van der Waals surface area contributed by atoms with Crippen molar-refractivity contribution in [2.45, 2.75) is 19.9 Å². The molecule has 1 aromatic carbocycles. The maximum Gasteiger partial charge on any atom is 0.266 e. The second-order valence-electron chi connectivity index (χ2n) is 5.18. The van der Waals surface area contributed by atoms with Gasteiger partial charge in [-0.05, 0) is 30.7 Å². The van der Waals surface area contributed by atoms with Crippen molar-refractivity contribution in [1.29, 1.82) is 0 Å². The molecule has 9 heteroatoms. The molecular weight excluding hydrogens is 336 g/mol. The molecule has 0 saturated carbocycles. The molecule has 0 spiro atoms. The third kappa shape index (κ3) is 2.53. The van der Waals surface area contributed by atoms with Crippen LogP contribution >= 0.6 is 11.3 Å². The Morgan fingerprint density at radius 1 is 1.42 bits per heavy atom. The van der Waals surface area contributed by atoms with E-state index < -0.39 is 23.2 Å². The first-order valence-electron chi connectivity index (χ1n) is 6.94. The third-order valence-corrected chi connectivity index (χ3v) is 4.53. The van der Waals surface area contributed by atoms with Crippen molar-refractivity contribution < 1.29 is 8.78 Å². The van der Waals surface area contributed by atoms with Gasteiger partial charge in [0, 0.05) is 21.5 Å². The van der Waals surface area contributed by atoms with Crippen LogP contribution in [0.15, 0.2) is 33.5 Å². The molecule has 0 radical (unpaired) electrons. The Balaban J connectivity index is 2.47. The van der Waals surface area contributed by atoms with E-state index >= 15 is 0 Å². The van der Waals surface area contributed by atoms with E-state index in [4.69, 9.17) is 5.53 Å². The number of aromatic nitrogens is 2. The molecule has 3 aromatic rings. The van der Waals surface area contributed by atoms with Gasteiger partial charge >= 0.3 is 0 Å². The van der Waals surface area contributed by atoms with Gasteiger partial charge < -0.3 is 0 Å². The topological polar surface area (TPSA) is 83.1 Å². The van der Waals surface area contributed by atoms with Gasteiger partial charge in [-0.1, -0.05) is 12.0 Å². The van der Waals surface area contributed by atoms with Gasteiger partial charge in [0.15, 0.2) is 4.96 Å². The average Bonchev–Trinajstić information content (AvgIpc) is 2.91. The minimum Gasteiger partial charge on any atom is -0.268 e. The number of nitrogens with zero attached hydrogens (tertiary/aromatic N) is 5. The molecule has 0 fully saturated rings. The van der Waals surface area contributed by atoms with Crippen molar-refractivity contribution in [3.05, 3.63) is 67.4 Å². The molecular formula is C15H11F2N5OS. The molecule has 1 unspecified atom stereocenters. The van der Waals surface area contributed by atoms with Crippen LogP contribution < -0.4 is 5.56 Å². The highest BCUT2D eigenvalue weighted by Gasteiger charge is 2.23. The Hall–Kier alpha value is -2.77. The number of hydrogen-bond acceptors (Lipinski definition) is 4. The summed E-state index contributed by atoms with van der Waals surface area (Å²) in [7, 11) is 0.